The highest BCUT2D eigenvalue weighted by Gasteiger charge is 2.58. The minimum absolute atomic E-state index is 0.0170. The Bertz CT molecular complexity index is 420. The van der Waals surface area contributed by atoms with Crippen LogP contribution in [0.3, 0.4) is 0 Å². The van der Waals surface area contributed by atoms with Gasteiger partial charge in [-0.3, -0.25) is 0 Å². The average molecular weight is 310 g/mol. The number of ether oxygens (including phenoxy) is 1. The Balaban J connectivity index is 1.92. The van der Waals surface area contributed by atoms with Gasteiger partial charge >= 0.3 is 6.03 Å². The topological polar surface area (TPSA) is 70.6 Å². The smallest absolute Gasteiger partial charge is 0.315 e. The summed E-state index contributed by atoms with van der Waals surface area (Å²) in [6, 6.07) is 0.0424. The van der Waals surface area contributed by atoms with Gasteiger partial charge < -0.3 is 20.5 Å². The van der Waals surface area contributed by atoms with Crippen LogP contribution in [-0.4, -0.2) is 43.0 Å². The van der Waals surface area contributed by atoms with E-state index in [-0.39, 0.29) is 42.2 Å². The number of aliphatic hydroxyl groups is 1. The number of carbonyl (C=O) groups is 1. The molecule has 5 heteroatoms. The highest BCUT2D eigenvalue weighted by molar-refractivity contribution is 5.75. The van der Waals surface area contributed by atoms with Crippen molar-refractivity contribution in [2.75, 3.05) is 13.7 Å². The van der Waals surface area contributed by atoms with Crippen LogP contribution >= 0.6 is 0 Å². The summed E-state index contributed by atoms with van der Waals surface area (Å²) < 4.78 is 5.66. The van der Waals surface area contributed by atoms with Crippen molar-refractivity contribution in [2.24, 2.45) is 17.3 Å². The van der Waals surface area contributed by atoms with Crippen LogP contribution in [0.1, 0.15) is 40.0 Å². The first kappa shape index (κ1) is 17.3. The fourth-order valence-electron chi connectivity index (χ4n) is 4.47. The lowest BCUT2D eigenvalue weighted by atomic mass is 9.53. The highest BCUT2D eigenvalue weighted by atomic mass is 16.5. The summed E-state index contributed by atoms with van der Waals surface area (Å²) in [7, 11) is 1.76. The Labute approximate surface area is 133 Å². The maximum absolute atomic E-state index is 12.3. The van der Waals surface area contributed by atoms with E-state index in [1.54, 1.807) is 7.11 Å². The lowest BCUT2D eigenvalue weighted by Gasteiger charge is -2.59. The van der Waals surface area contributed by atoms with E-state index >= 15 is 0 Å². The fraction of sp³-hybridized carbons (Fsp3) is 0.824. The predicted octanol–water partition coefficient (Wildman–Crippen LogP) is 2.06. The second-order valence-electron chi connectivity index (χ2n) is 6.72. The maximum Gasteiger partial charge on any atom is 0.315 e. The third-order valence-electron chi connectivity index (χ3n) is 5.77. The largest absolute Gasteiger partial charge is 0.396 e. The maximum atomic E-state index is 12.3. The number of aliphatic hydroxyl groups excluding tert-OH is 1. The van der Waals surface area contributed by atoms with Crippen LogP contribution in [0.2, 0.25) is 0 Å². The summed E-state index contributed by atoms with van der Waals surface area (Å²) in [5.74, 6) is 0.483. The molecule has 2 amide bonds. The molecular weight excluding hydrogens is 280 g/mol. The van der Waals surface area contributed by atoms with Gasteiger partial charge in [0.05, 0.1) is 6.10 Å². The first-order chi connectivity index (χ1) is 10.5. The van der Waals surface area contributed by atoms with Crippen molar-refractivity contribution in [1.82, 2.24) is 10.6 Å². The lowest BCUT2D eigenvalue weighted by Crippen LogP contribution is -2.70. The van der Waals surface area contributed by atoms with Gasteiger partial charge in [-0.2, -0.15) is 0 Å². The van der Waals surface area contributed by atoms with Crippen LogP contribution in [0.5, 0.6) is 0 Å². The van der Waals surface area contributed by atoms with E-state index in [1.165, 1.54) is 0 Å². The zero-order chi connectivity index (χ0) is 16.3. The molecule has 0 unspecified atom stereocenters. The van der Waals surface area contributed by atoms with E-state index in [4.69, 9.17) is 9.84 Å². The van der Waals surface area contributed by atoms with Crippen LogP contribution < -0.4 is 10.6 Å². The Morgan fingerprint density at radius 3 is 2.50 bits per heavy atom. The van der Waals surface area contributed by atoms with Gasteiger partial charge in [0.1, 0.15) is 0 Å². The molecular formula is C17H30N2O3. The summed E-state index contributed by atoms with van der Waals surface area (Å²) in [6.45, 7) is 6.61. The molecule has 0 heterocycles. The van der Waals surface area contributed by atoms with E-state index < -0.39 is 0 Å². The molecule has 2 rings (SSSR count). The molecule has 0 spiro atoms. The van der Waals surface area contributed by atoms with Crippen LogP contribution in [0, 0.1) is 17.3 Å². The monoisotopic (exact) mass is 310 g/mol. The molecule has 0 aromatic heterocycles. The summed E-state index contributed by atoms with van der Waals surface area (Å²) in [6.07, 6.45) is 6.91. The molecule has 0 aromatic carbocycles. The third-order valence-corrected chi connectivity index (χ3v) is 5.77. The summed E-state index contributed by atoms with van der Waals surface area (Å²) in [5.41, 5.74) is 0.0324. The van der Waals surface area contributed by atoms with Crippen molar-refractivity contribution in [3.63, 3.8) is 0 Å². The number of carbonyl (C=O) groups excluding carboxylic acids is 1. The molecule has 1 fully saturated rings. The van der Waals surface area contributed by atoms with Gasteiger partial charge in [-0.1, -0.05) is 32.9 Å². The predicted molar refractivity (Wildman–Crippen MR) is 86.6 cm³/mol. The minimum Gasteiger partial charge on any atom is -0.396 e. The van der Waals surface area contributed by atoms with Crippen molar-refractivity contribution < 1.29 is 14.6 Å². The number of hydrogen-bond acceptors (Lipinski definition) is 3. The second kappa shape index (κ2) is 7.01. The van der Waals surface area contributed by atoms with Gasteiger partial charge in [-0.25, -0.2) is 4.79 Å². The molecule has 0 saturated heterocycles. The average Bonchev–Trinajstić information content (AvgIpc) is 2.97. The summed E-state index contributed by atoms with van der Waals surface area (Å²) in [5, 5.41) is 15.3. The normalized spacial score (nSPS) is 36.0. The molecule has 0 aromatic rings. The highest BCUT2D eigenvalue weighted by Crippen LogP contribution is 2.52. The van der Waals surface area contributed by atoms with Gasteiger partial charge in [0, 0.05) is 43.1 Å². The summed E-state index contributed by atoms with van der Waals surface area (Å²) >= 11 is 0. The van der Waals surface area contributed by atoms with Crippen molar-refractivity contribution >= 4 is 6.03 Å². The van der Waals surface area contributed by atoms with Crippen molar-refractivity contribution in [3.8, 4) is 0 Å². The molecule has 5 nitrogen and oxygen atoms in total. The van der Waals surface area contributed by atoms with Gasteiger partial charge in [0.15, 0.2) is 0 Å². The standard InChI is InChI=1S/C17H30N2O3/c1-5-17(6-2)14(11(3)15(17)22-4)19-16(21)18-13-8-7-12(9-13)10-20/h7-8,11-15,20H,5-6,9-10H2,1-4H3,(H2,18,19,21)/t11-,12-,13+,14+,15-/m0/s1. The lowest BCUT2D eigenvalue weighted by molar-refractivity contribution is -0.164. The molecule has 3 N–H and O–H groups in total. The molecule has 2 aliphatic rings. The molecule has 22 heavy (non-hydrogen) atoms. The van der Waals surface area contributed by atoms with Crippen molar-refractivity contribution in [1.29, 1.82) is 0 Å². The van der Waals surface area contributed by atoms with Crippen LogP contribution in [0.25, 0.3) is 0 Å². The van der Waals surface area contributed by atoms with E-state index in [0.717, 1.165) is 19.3 Å². The van der Waals surface area contributed by atoms with E-state index in [1.807, 2.05) is 12.2 Å². The number of methoxy groups -OCH3 is 1. The second-order valence-corrected chi connectivity index (χ2v) is 6.72. The number of nitrogens with one attached hydrogen (secondary N) is 2. The van der Waals surface area contributed by atoms with E-state index in [9.17, 15) is 4.79 Å². The Morgan fingerprint density at radius 2 is 2.00 bits per heavy atom. The molecule has 126 valence electrons. The number of amides is 2. The first-order valence-corrected chi connectivity index (χ1v) is 8.41. The Kier molecular flexibility index (Phi) is 5.50. The SMILES string of the molecule is CCC1(CC)[C@H](NC(=O)N[C@@H]2C=C[C@H](CO)C2)[C@H](C)[C@@H]1OC. The van der Waals surface area contributed by atoms with Gasteiger partial charge in [-0.15, -0.1) is 0 Å². The fourth-order valence-corrected chi connectivity index (χ4v) is 4.47. The molecule has 2 aliphatic carbocycles. The Morgan fingerprint density at radius 1 is 1.32 bits per heavy atom. The zero-order valence-corrected chi connectivity index (χ0v) is 14.1. The molecule has 0 bridgehead atoms. The van der Waals surface area contributed by atoms with Crippen molar-refractivity contribution in [3.05, 3.63) is 12.2 Å². The Hall–Kier alpha value is -1.07. The van der Waals surface area contributed by atoms with Gasteiger partial charge in [0.2, 0.25) is 0 Å². The van der Waals surface area contributed by atoms with Crippen LogP contribution in [-0.2, 0) is 4.74 Å². The van der Waals surface area contributed by atoms with E-state index in [0.29, 0.717) is 5.92 Å². The van der Waals surface area contributed by atoms with Crippen molar-refractivity contribution in [2.45, 2.75) is 58.2 Å². The van der Waals surface area contributed by atoms with Gasteiger partial charge in [0.25, 0.3) is 0 Å². The molecule has 0 aliphatic heterocycles. The number of urea groups is 1. The third kappa shape index (κ3) is 2.88. The van der Waals surface area contributed by atoms with Crippen LogP contribution in [0.4, 0.5) is 4.79 Å². The minimum atomic E-state index is -0.120. The number of hydrogen-bond donors (Lipinski definition) is 3. The first-order valence-electron chi connectivity index (χ1n) is 8.41. The van der Waals surface area contributed by atoms with Gasteiger partial charge in [-0.05, 0) is 19.3 Å². The quantitative estimate of drug-likeness (QED) is 0.658. The summed E-state index contributed by atoms with van der Waals surface area (Å²) in [4.78, 5) is 12.3. The number of rotatable bonds is 6. The zero-order valence-electron chi connectivity index (χ0n) is 14.1. The molecule has 0 radical (unpaired) electrons. The molecule has 5 atom stereocenters. The molecule has 1 saturated carbocycles. The van der Waals surface area contributed by atoms with E-state index in [2.05, 4.69) is 31.4 Å². The van der Waals surface area contributed by atoms with Crippen LogP contribution in [0.15, 0.2) is 12.2 Å².